The van der Waals surface area contributed by atoms with Crippen LogP contribution in [0.2, 0.25) is 0 Å². The predicted octanol–water partition coefficient (Wildman–Crippen LogP) is 1.85. The zero-order valence-corrected chi connectivity index (χ0v) is 11.6. The Bertz CT molecular complexity index is 358. The van der Waals surface area contributed by atoms with Crippen molar-refractivity contribution >= 4 is 0 Å². The number of nitrogens with zero attached hydrogens (tertiary/aromatic N) is 2. The molecule has 4 nitrogen and oxygen atoms in total. The maximum atomic E-state index is 9.27. The number of aliphatic hydroxyl groups excluding tert-OH is 1. The summed E-state index contributed by atoms with van der Waals surface area (Å²) in [6.07, 6.45) is 1.58. The Morgan fingerprint density at radius 1 is 1.41 bits per heavy atom. The van der Waals surface area contributed by atoms with Crippen LogP contribution < -0.4 is 5.32 Å². The Hall–Kier alpha value is -0.870. The Labute approximate surface area is 104 Å². The molecule has 1 aromatic heterocycles. The number of aromatic nitrogens is 2. The molecule has 0 saturated heterocycles. The summed E-state index contributed by atoms with van der Waals surface area (Å²) in [6.45, 7) is 8.99. The highest BCUT2D eigenvalue weighted by atomic mass is 16.3. The van der Waals surface area contributed by atoms with Gasteiger partial charge >= 0.3 is 0 Å². The standard InChI is InChI=1S/C13H25N3O/c1-6-12(14-8-7-9(2)17)13-10(3)15-16(5)11(13)4/h9,12,14,17H,6-8H2,1-5H3. The van der Waals surface area contributed by atoms with Gasteiger partial charge in [-0.3, -0.25) is 4.68 Å². The molecular weight excluding hydrogens is 214 g/mol. The van der Waals surface area contributed by atoms with E-state index >= 15 is 0 Å². The van der Waals surface area contributed by atoms with Gasteiger partial charge in [-0.1, -0.05) is 6.92 Å². The first-order chi connectivity index (χ1) is 7.97. The second-order valence-corrected chi connectivity index (χ2v) is 4.76. The van der Waals surface area contributed by atoms with E-state index in [0.717, 1.165) is 25.1 Å². The maximum Gasteiger partial charge on any atom is 0.0644 e. The van der Waals surface area contributed by atoms with Crippen LogP contribution in [0.3, 0.4) is 0 Å². The van der Waals surface area contributed by atoms with Gasteiger partial charge in [0, 0.05) is 24.3 Å². The lowest BCUT2D eigenvalue weighted by atomic mass is 10.0. The minimum absolute atomic E-state index is 0.240. The van der Waals surface area contributed by atoms with Gasteiger partial charge in [-0.2, -0.15) is 5.10 Å². The highest BCUT2D eigenvalue weighted by Crippen LogP contribution is 2.23. The van der Waals surface area contributed by atoms with Crippen LogP contribution in [0.15, 0.2) is 0 Å². The molecule has 0 aliphatic rings. The van der Waals surface area contributed by atoms with Crippen LogP contribution in [0.4, 0.5) is 0 Å². The first-order valence-electron chi connectivity index (χ1n) is 6.38. The topological polar surface area (TPSA) is 50.1 Å². The van der Waals surface area contributed by atoms with Crippen LogP contribution >= 0.6 is 0 Å². The van der Waals surface area contributed by atoms with Crippen LogP contribution in [-0.4, -0.2) is 27.5 Å². The molecule has 0 spiro atoms. The molecular formula is C13H25N3O. The quantitative estimate of drug-likeness (QED) is 0.796. The van der Waals surface area contributed by atoms with Crippen LogP contribution in [-0.2, 0) is 7.05 Å². The second kappa shape index (κ2) is 6.17. The van der Waals surface area contributed by atoms with Gasteiger partial charge in [-0.15, -0.1) is 0 Å². The Balaban J connectivity index is 2.72. The Kier molecular flexibility index (Phi) is 5.15. The third kappa shape index (κ3) is 3.54. The molecule has 0 aliphatic carbocycles. The van der Waals surface area contributed by atoms with E-state index in [1.165, 1.54) is 11.3 Å². The number of nitrogens with one attached hydrogen (secondary N) is 1. The number of aliphatic hydroxyl groups is 1. The summed E-state index contributed by atoms with van der Waals surface area (Å²) in [7, 11) is 1.98. The molecule has 1 rings (SSSR count). The first kappa shape index (κ1) is 14.2. The zero-order valence-electron chi connectivity index (χ0n) is 11.6. The van der Waals surface area contributed by atoms with E-state index in [4.69, 9.17) is 0 Å². The van der Waals surface area contributed by atoms with Crippen molar-refractivity contribution < 1.29 is 5.11 Å². The number of aryl methyl sites for hydroxylation is 2. The summed E-state index contributed by atoms with van der Waals surface area (Å²) < 4.78 is 1.93. The molecule has 0 fully saturated rings. The molecule has 0 saturated carbocycles. The monoisotopic (exact) mass is 239 g/mol. The molecule has 98 valence electrons. The van der Waals surface area contributed by atoms with Crippen molar-refractivity contribution in [3.63, 3.8) is 0 Å². The van der Waals surface area contributed by atoms with E-state index in [9.17, 15) is 5.11 Å². The molecule has 0 aliphatic heterocycles. The summed E-state index contributed by atoms with van der Waals surface area (Å²) in [5.74, 6) is 0. The summed E-state index contributed by atoms with van der Waals surface area (Å²) in [5, 5.41) is 17.2. The second-order valence-electron chi connectivity index (χ2n) is 4.76. The highest BCUT2D eigenvalue weighted by Gasteiger charge is 2.18. The van der Waals surface area contributed by atoms with Crippen molar-refractivity contribution in [1.82, 2.24) is 15.1 Å². The normalized spacial score (nSPS) is 14.9. The lowest BCUT2D eigenvalue weighted by Crippen LogP contribution is -2.25. The van der Waals surface area contributed by atoms with Gasteiger partial charge < -0.3 is 10.4 Å². The summed E-state index contributed by atoms with van der Waals surface area (Å²) in [6, 6.07) is 0.336. The SMILES string of the molecule is CCC(NCCC(C)O)c1c(C)nn(C)c1C. The minimum Gasteiger partial charge on any atom is -0.393 e. The Morgan fingerprint density at radius 3 is 2.47 bits per heavy atom. The van der Waals surface area contributed by atoms with Crippen LogP contribution in [0.25, 0.3) is 0 Å². The van der Waals surface area contributed by atoms with E-state index in [-0.39, 0.29) is 6.10 Å². The largest absolute Gasteiger partial charge is 0.393 e. The van der Waals surface area contributed by atoms with Gasteiger partial charge in [0.25, 0.3) is 0 Å². The third-order valence-corrected chi connectivity index (χ3v) is 3.27. The van der Waals surface area contributed by atoms with Crippen LogP contribution in [0.5, 0.6) is 0 Å². The molecule has 17 heavy (non-hydrogen) atoms. The molecule has 0 bridgehead atoms. The lowest BCUT2D eigenvalue weighted by Gasteiger charge is -2.18. The molecule has 2 N–H and O–H groups in total. The molecule has 0 amide bonds. The summed E-state index contributed by atoms with van der Waals surface area (Å²) in [4.78, 5) is 0. The van der Waals surface area contributed by atoms with Crippen molar-refractivity contribution in [2.24, 2.45) is 7.05 Å². The smallest absolute Gasteiger partial charge is 0.0644 e. The van der Waals surface area contributed by atoms with Crippen LogP contribution in [0.1, 0.15) is 49.7 Å². The van der Waals surface area contributed by atoms with Gasteiger partial charge in [0.15, 0.2) is 0 Å². The molecule has 2 unspecified atom stereocenters. The van der Waals surface area contributed by atoms with E-state index in [1.54, 1.807) is 0 Å². The summed E-state index contributed by atoms with van der Waals surface area (Å²) in [5.41, 5.74) is 3.63. The van der Waals surface area contributed by atoms with Gasteiger partial charge in [0.1, 0.15) is 0 Å². The van der Waals surface area contributed by atoms with E-state index in [1.807, 2.05) is 18.7 Å². The molecule has 0 aromatic carbocycles. The average molecular weight is 239 g/mol. The lowest BCUT2D eigenvalue weighted by molar-refractivity contribution is 0.182. The third-order valence-electron chi connectivity index (χ3n) is 3.27. The van der Waals surface area contributed by atoms with Gasteiger partial charge in [0.05, 0.1) is 11.8 Å². The van der Waals surface area contributed by atoms with Gasteiger partial charge in [-0.05, 0) is 40.2 Å². The fourth-order valence-electron chi connectivity index (χ4n) is 2.21. The van der Waals surface area contributed by atoms with Crippen molar-refractivity contribution in [3.05, 3.63) is 17.0 Å². The van der Waals surface area contributed by atoms with Crippen molar-refractivity contribution in [2.45, 2.75) is 52.7 Å². The average Bonchev–Trinajstić information content (AvgIpc) is 2.49. The summed E-state index contributed by atoms with van der Waals surface area (Å²) >= 11 is 0. The molecule has 1 aromatic rings. The first-order valence-corrected chi connectivity index (χ1v) is 6.38. The van der Waals surface area contributed by atoms with E-state index in [0.29, 0.717) is 6.04 Å². The number of rotatable bonds is 6. The van der Waals surface area contributed by atoms with Crippen molar-refractivity contribution in [1.29, 1.82) is 0 Å². The zero-order chi connectivity index (χ0) is 13.0. The number of hydrogen-bond acceptors (Lipinski definition) is 3. The molecule has 1 heterocycles. The molecule has 4 heteroatoms. The van der Waals surface area contributed by atoms with E-state index in [2.05, 4.69) is 31.2 Å². The maximum absolute atomic E-state index is 9.27. The fourth-order valence-corrected chi connectivity index (χ4v) is 2.21. The van der Waals surface area contributed by atoms with Crippen molar-refractivity contribution in [3.8, 4) is 0 Å². The molecule has 0 radical (unpaired) electrons. The predicted molar refractivity (Wildman–Crippen MR) is 70.0 cm³/mol. The van der Waals surface area contributed by atoms with Gasteiger partial charge in [-0.25, -0.2) is 0 Å². The van der Waals surface area contributed by atoms with E-state index < -0.39 is 0 Å². The molecule has 2 atom stereocenters. The van der Waals surface area contributed by atoms with Gasteiger partial charge in [0.2, 0.25) is 0 Å². The van der Waals surface area contributed by atoms with Crippen LogP contribution in [0, 0.1) is 13.8 Å². The Morgan fingerprint density at radius 2 is 2.06 bits per heavy atom. The fraction of sp³-hybridized carbons (Fsp3) is 0.769. The number of hydrogen-bond donors (Lipinski definition) is 2. The highest BCUT2D eigenvalue weighted by molar-refractivity contribution is 5.28. The minimum atomic E-state index is -0.240. The van der Waals surface area contributed by atoms with Crippen molar-refractivity contribution in [2.75, 3.05) is 6.54 Å².